The minimum atomic E-state index is -0.0140. The third kappa shape index (κ3) is 5.72. The summed E-state index contributed by atoms with van der Waals surface area (Å²) in [5.41, 5.74) is 2.42. The van der Waals surface area contributed by atoms with Crippen LogP contribution >= 0.6 is 0 Å². The van der Waals surface area contributed by atoms with Crippen molar-refractivity contribution in [2.45, 2.75) is 45.6 Å². The first-order chi connectivity index (χ1) is 11.1. The van der Waals surface area contributed by atoms with Crippen molar-refractivity contribution in [2.24, 2.45) is 0 Å². The Kier molecular flexibility index (Phi) is 6.66. The monoisotopic (exact) mass is 312 g/mol. The van der Waals surface area contributed by atoms with Gasteiger partial charge in [-0.15, -0.1) is 0 Å². The molecule has 0 amide bonds. The first-order valence-corrected chi connectivity index (χ1v) is 8.47. The molecule has 2 nitrogen and oxygen atoms in total. The van der Waals surface area contributed by atoms with Gasteiger partial charge < -0.3 is 9.47 Å². The highest BCUT2D eigenvalue weighted by Crippen LogP contribution is 2.27. The third-order valence-corrected chi connectivity index (χ3v) is 3.97. The highest BCUT2D eigenvalue weighted by molar-refractivity contribution is 5.33. The van der Waals surface area contributed by atoms with Crippen LogP contribution in [-0.2, 0) is 16.8 Å². The van der Waals surface area contributed by atoms with Gasteiger partial charge in [-0.1, -0.05) is 69.7 Å². The van der Waals surface area contributed by atoms with Crippen molar-refractivity contribution in [3.05, 3.63) is 65.7 Å². The Bertz CT molecular complexity index is 575. The fourth-order valence-electron chi connectivity index (χ4n) is 2.40. The minimum Gasteiger partial charge on any atom is -0.489 e. The molecular formula is C21H28O2. The van der Waals surface area contributed by atoms with Gasteiger partial charge >= 0.3 is 0 Å². The predicted molar refractivity (Wildman–Crippen MR) is 96.0 cm³/mol. The lowest BCUT2D eigenvalue weighted by Gasteiger charge is -2.25. The summed E-state index contributed by atoms with van der Waals surface area (Å²) in [6.07, 6.45) is 2.29. The molecule has 0 radical (unpaired) electrons. The van der Waals surface area contributed by atoms with E-state index in [0.717, 1.165) is 25.4 Å². The number of unbranched alkanes of at least 4 members (excludes halogenated alkanes) is 1. The highest BCUT2D eigenvalue weighted by Gasteiger charge is 2.21. The van der Waals surface area contributed by atoms with E-state index in [-0.39, 0.29) is 5.41 Å². The fourth-order valence-corrected chi connectivity index (χ4v) is 2.40. The van der Waals surface area contributed by atoms with Crippen LogP contribution in [0.25, 0.3) is 0 Å². The summed E-state index contributed by atoms with van der Waals surface area (Å²) in [5.74, 6) is 0.910. The molecule has 0 aliphatic heterocycles. The molecule has 124 valence electrons. The molecular weight excluding hydrogens is 284 g/mol. The second-order valence-electron chi connectivity index (χ2n) is 6.59. The zero-order chi connectivity index (χ0) is 16.5. The van der Waals surface area contributed by atoms with Crippen LogP contribution in [-0.4, -0.2) is 13.2 Å². The largest absolute Gasteiger partial charge is 0.489 e. The number of ether oxygens (including phenoxy) is 2. The molecule has 2 aromatic rings. The van der Waals surface area contributed by atoms with E-state index in [4.69, 9.17) is 9.47 Å². The smallest absolute Gasteiger partial charge is 0.120 e. The molecule has 0 aliphatic carbocycles. The first kappa shape index (κ1) is 17.6. The maximum Gasteiger partial charge on any atom is 0.120 e. The van der Waals surface area contributed by atoms with Crippen molar-refractivity contribution in [3.63, 3.8) is 0 Å². The summed E-state index contributed by atoms with van der Waals surface area (Å²) in [6.45, 7) is 8.78. The standard InChI is InChI=1S/C21H28O2/c1-4-5-14-22-17-21(2,3)19-12-9-13-20(15-19)23-16-18-10-7-6-8-11-18/h6-13,15H,4-5,14,16-17H2,1-3H3. The predicted octanol–water partition coefficient (Wildman–Crippen LogP) is 5.36. The number of rotatable bonds is 9. The van der Waals surface area contributed by atoms with Crippen LogP contribution in [0.1, 0.15) is 44.7 Å². The normalized spacial score (nSPS) is 11.4. The molecule has 2 heteroatoms. The van der Waals surface area contributed by atoms with E-state index >= 15 is 0 Å². The van der Waals surface area contributed by atoms with E-state index in [1.165, 1.54) is 17.5 Å². The molecule has 0 aromatic heterocycles. The van der Waals surface area contributed by atoms with Gasteiger partial charge in [0.25, 0.3) is 0 Å². The lowest BCUT2D eigenvalue weighted by molar-refractivity contribution is 0.0924. The molecule has 0 saturated heterocycles. The Morgan fingerprint density at radius 3 is 2.48 bits per heavy atom. The SMILES string of the molecule is CCCCOCC(C)(C)c1cccc(OCc2ccccc2)c1. The van der Waals surface area contributed by atoms with Crippen LogP contribution in [0, 0.1) is 0 Å². The minimum absolute atomic E-state index is 0.0140. The Morgan fingerprint density at radius 1 is 0.957 bits per heavy atom. The van der Waals surface area contributed by atoms with Crippen molar-refractivity contribution >= 4 is 0 Å². The van der Waals surface area contributed by atoms with Crippen LogP contribution in [0.5, 0.6) is 5.75 Å². The fraction of sp³-hybridized carbons (Fsp3) is 0.429. The van der Waals surface area contributed by atoms with Gasteiger partial charge in [0, 0.05) is 12.0 Å². The van der Waals surface area contributed by atoms with Crippen LogP contribution in [0.4, 0.5) is 0 Å². The Balaban J connectivity index is 1.95. The van der Waals surface area contributed by atoms with E-state index < -0.39 is 0 Å². The van der Waals surface area contributed by atoms with Gasteiger partial charge in [0.2, 0.25) is 0 Å². The Hall–Kier alpha value is -1.80. The second kappa shape index (κ2) is 8.73. The average Bonchev–Trinajstić information content (AvgIpc) is 2.58. The summed E-state index contributed by atoms with van der Waals surface area (Å²) >= 11 is 0. The van der Waals surface area contributed by atoms with Crippen LogP contribution in [0.3, 0.4) is 0 Å². The average molecular weight is 312 g/mol. The molecule has 0 fully saturated rings. The van der Waals surface area contributed by atoms with Gasteiger partial charge in [0.15, 0.2) is 0 Å². The maximum atomic E-state index is 5.93. The van der Waals surface area contributed by atoms with Crippen LogP contribution in [0.2, 0.25) is 0 Å². The zero-order valence-electron chi connectivity index (χ0n) is 14.5. The summed E-state index contributed by atoms with van der Waals surface area (Å²) in [5, 5.41) is 0. The van der Waals surface area contributed by atoms with Crippen molar-refractivity contribution < 1.29 is 9.47 Å². The van der Waals surface area contributed by atoms with Crippen molar-refractivity contribution in [3.8, 4) is 5.75 Å². The molecule has 0 bridgehead atoms. The van der Waals surface area contributed by atoms with Gasteiger partial charge in [-0.2, -0.15) is 0 Å². The van der Waals surface area contributed by atoms with Gasteiger partial charge in [-0.25, -0.2) is 0 Å². The molecule has 0 atom stereocenters. The molecule has 0 aliphatic rings. The number of benzene rings is 2. The molecule has 23 heavy (non-hydrogen) atoms. The molecule has 0 heterocycles. The maximum absolute atomic E-state index is 5.93. The molecule has 0 spiro atoms. The summed E-state index contributed by atoms with van der Waals surface area (Å²) in [4.78, 5) is 0. The van der Waals surface area contributed by atoms with Gasteiger partial charge in [0.1, 0.15) is 12.4 Å². The van der Waals surface area contributed by atoms with E-state index in [1.807, 2.05) is 24.3 Å². The summed E-state index contributed by atoms with van der Waals surface area (Å²) in [7, 11) is 0. The van der Waals surface area contributed by atoms with Crippen LogP contribution < -0.4 is 4.74 Å². The number of hydrogen-bond donors (Lipinski definition) is 0. The van der Waals surface area contributed by atoms with E-state index in [2.05, 4.69) is 51.1 Å². The molecule has 0 unspecified atom stereocenters. The molecule has 2 rings (SSSR count). The summed E-state index contributed by atoms with van der Waals surface area (Å²) < 4.78 is 11.8. The van der Waals surface area contributed by atoms with Crippen LogP contribution in [0.15, 0.2) is 54.6 Å². The number of hydrogen-bond acceptors (Lipinski definition) is 2. The van der Waals surface area contributed by atoms with Gasteiger partial charge in [-0.05, 0) is 29.7 Å². The highest BCUT2D eigenvalue weighted by atomic mass is 16.5. The van der Waals surface area contributed by atoms with E-state index in [0.29, 0.717) is 6.61 Å². The van der Waals surface area contributed by atoms with E-state index in [9.17, 15) is 0 Å². The quantitative estimate of drug-likeness (QED) is 0.580. The summed E-state index contributed by atoms with van der Waals surface area (Å²) in [6, 6.07) is 18.6. The lowest BCUT2D eigenvalue weighted by atomic mass is 9.85. The van der Waals surface area contributed by atoms with Gasteiger partial charge in [-0.3, -0.25) is 0 Å². The molecule has 0 saturated carbocycles. The third-order valence-electron chi connectivity index (χ3n) is 3.97. The van der Waals surface area contributed by atoms with E-state index in [1.54, 1.807) is 0 Å². The second-order valence-corrected chi connectivity index (χ2v) is 6.59. The van der Waals surface area contributed by atoms with Crippen molar-refractivity contribution in [1.82, 2.24) is 0 Å². The molecule has 2 aromatic carbocycles. The Labute approximate surface area is 140 Å². The Morgan fingerprint density at radius 2 is 1.74 bits per heavy atom. The van der Waals surface area contributed by atoms with Crippen molar-refractivity contribution in [2.75, 3.05) is 13.2 Å². The van der Waals surface area contributed by atoms with Crippen molar-refractivity contribution in [1.29, 1.82) is 0 Å². The topological polar surface area (TPSA) is 18.5 Å². The molecule has 0 N–H and O–H groups in total. The lowest BCUT2D eigenvalue weighted by Crippen LogP contribution is -2.24. The first-order valence-electron chi connectivity index (χ1n) is 8.47. The van der Waals surface area contributed by atoms with Gasteiger partial charge in [0.05, 0.1) is 6.61 Å². The zero-order valence-corrected chi connectivity index (χ0v) is 14.5.